The molecule has 2 nitrogen and oxygen atoms in total. The summed E-state index contributed by atoms with van der Waals surface area (Å²) in [5, 5.41) is 3.39. The first kappa shape index (κ1) is 12.1. The molecule has 0 heterocycles. The molecule has 1 aromatic rings. The largest absolute Gasteiger partial charge is 0.494 e. The normalized spacial score (nSPS) is 12.5. The van der Waals surface area contributed by atoms with Crippen molar-refractivity contribution in [2.75, 3.05) is 13.2 Å². The van der Waals surface area contributed by atoms with Crippen molar-refractivity contribution >= 4 is 0 Å². The lowest BCUT2D eigenvalue weighted by Crippen LogP contribution is -2.17. The number of hydrogen-bond donors (Lipinski definition) is 1. The summed E-state index contributed by atoms with van der Waals surface area (Å²) in [5.74, 6) is 0.971. The first-order chi connectivity index (χ1) is 7.27. The van der Waals surface area contributed by atoms with E-state index in [0.717, 1.165) is 25.3 Å². The second-order valence-electron chi connectivity index (χ2n) is 3.70. The minimum absolute atomic E-state index is 0.389. The molecule has 1 aromatic carbocycles. The van der Waals surface area contributed by atoms with Crippen LogP contribution in [-0.4, -0.2) is 13.2 Å². The highest BCUT2D eigenvalue weighted by molar-refractivity contribution is 5.30. The van der Waals surface area contributed by atoms with Crippen molar-refractivity contribution in [2.24, 2.45) is 0 Å². The molecule has 0 spiro atoms. The maximum absolute atomic E-state index is 5.60. The van der Waals surface area contributed by atoms with E-state index in [-0.39, 0.29) is 0 Å². The molecule has 0 bridgehead atoms. The van der Waals surface area contributed by atoms with Gasteiger partial charge in [0, 0.05) is 6.04 Å². The van der Waals surface area contributed by atoms with E-state index in [0.29, 0.717) is 6.04 Å². The standard InChI is InChI=1S/C13H21NO/c1-4-9-15-13-8-6-7-12(10-13)11(3)14-5-2/h6-8,10-11,14H,4-5,9H2,1-3H3/t11-/m1/s1. The Morgan fingerprint density at radius 2 is 2.13 bits per heavy atom. The van der Waals surface area contributed by atoms with E-state index in [4.69, 9.17) is 4.74 Å². The monoisotopic (exact) mass is 207 g/mol. The molecule has 0 saturated carbocycles. The van der Waals surface area contributed by atoms with Gasteiger partial charge in [0.1, 0.15) is 5.75 Å². The van der Waals surface area contributed by atoms with Gasteiger partial charge >= 0.3 is 0 Å². The lowest BCUT2D eigenvalue weighted by Gasteiger charge is -2.14. The SMILES string of the molecule is CCCOc1cccc([C@@H](C)NCC)c1. The molecule has 1 rings (SSSR count). The third-order valence-corrected chi connectivity index (χ3v) is 2.34. The Morgan fingerprint density at radius 3 is 2.80 bits per heavy atom. The lowest BCUT2D eigenvalue weighted by molar-refractivity contribution is 0.317. The van der Waals surface area contributed by atoms with Gasteiger partial charge in [0.15, 0.2) is 0 Å². The quantitative estimate of drug-likeness (QED) is 0.773. The molecule has 0 unspecified atom stereocenters. The highest BCUT2D eigenvalue weighted by Gasteiger charge is 2.04. The van der Waals surface area contributed by atoms with Crippen LogP contribution in [0, 0.1) is 0 Å². The fourth-order valence-corrected chi connectivity index (χ4v) is 1.52. The predicted octanol–water partition coefficient (Wildman–Crippen LogP) is 3.15. The predicted molar refractivity (Wildman–Crippen MR) is 64.3 cm³/mol. The van der Waals surface area contributed by atoms with Crippen molar-refractivity contribution in [3.8, 4) is 5.75 Å². The third kappa shape index (κ3) is 3.92. The molecule has 0 aromatic heterocycles. The zero-order valence-electron chi connectivity index (χ0n) is 9.92. The summed E-state index contributed by atoms with van der Waals surface area (Å²) < 4.78 is 5.60. The van der Waals surface area contributed by atoms with Crippen molar-refractivity contribution in [1.82, 2.24) is 5.32 Å². The summed E-state index contributed by atoms with van der Waals surface area (Å²) in [6.07, 6.45) is 1.05. The van der Waals surface area contributed by atoms with Gasteiger partial charge in [-0.3, -0.25) is 0 Å². The summed E-state index contributed by atoms with van der Waals surface area (Å²) in [7, 11) is 0. The Balaban J connectivity index is 2.64. The van der Waals surface area contributed by atoms with Gasteiger partial charge in [0.05, 0.1) is 6.61 Å². The molecule has 0 fully saturated rings. The topological polar surface area (TPSA) is 21.3 Å². The van der Waals surface area contributed by atoms with Gasteiger partial charge in [-0.25, -0.2) is 0 Å². The fourth-order valence-electron chi connectivity index (χ4n) is 1.52. The van der Waals surface area contributed by atoms with Crippen LogP contribution in [0.5, 0.6) is 5.75 Å². The van der Waals surface area contributed by atoms with Crippen molar-refractivity contribution in [3.05, 3.63) is 29.8 Å². The summed E-state index contributed by atoms with van der Waals surface area (Å²) in [5.41, 5.74) is 1.28. The molecule has 1 N–H and O–H groups in total. The Labute approximate surface area is 92.6 Å². The number of rotatable bonds is 6. The minimum atomic E-state index is 0.389. The molecule has 0 aliphatic heterocycles. The number of hydrogen-bond acceptors (Lipinski definition) is 2. The second kappa shape index (κ2) is 6.46. The van der Waals surface area contributed by atoms with Gasteiger partial charge in [-0.1, -0.05) is 26.0 Å². The van der Waals surface area contributed by atoms with Crippen LogP contribution in [0.3, 0.4) is 0 Å². The van der Waals surface area contributed by atoms with Crippen LogP contribution < -0.4 is 10.1 Å². The third-order valence-electron chi connectivity index (χ3n) is 2.34. The first-order valence-corrected chi connectivity index (χ1v) is 5.74. The van der Waals surface area contributed by atoms with Crippen LogP contribution in [0.2, 0.25) is 0 Å². The van der Waals surface area contributed by atoms with E-state index in [1.54, 1.807) is 0 Å². The number of benzene rings is 1. The molecule has 84 valence electrons. The van der Waals surface area contributed by atoms with E-state index in [1.807, 2.05) is 12.1 Å². The van der Waals surface area contributed by atoms with Gasteiger partial charge in [-0.05, 0) is 37.6 Å². The Kier molecular flexibility index (Phi) is 5.19. The average molecular weight is 207 g/mol. The van der Waals surface area contributed by atoms with Gasteiger partial charge in [-0.15, -0.1) is 0 Å². The van der Waals surface area contributed by atoms with Gasteiger partial charge in [0.2, 0.25) is 0 Å². The molecule has 0 aliphatic carbocycles. The van der Waals surface area contributed by atoms with Crippen LogP contribution in [0.15, 0.2) is 24.3 Å². The van der Waals surface area contributed by atoms with Gasteiger partial charge in [-0.2, -0.15) is 0 Å². The molecule has 1 atom stereocenters. The summed E-state index contributed by atoms with van der Waals surface area (Å²) in [6.45, 7) is 8.18. The summed E-state index contributed by atoms with van der Waals surface area (Å²) >= 11 is 0. The Bertz CT molecular complexity index is 286. The van der Waals surface area contributed by atoms with Crippen LogP contribution in [0.4, 0.5) is 0 Å². The highest BCUT2D eigenvalue weighted by atomic mass is 16.5. The van der Waals surface area contributed by atoms with E-state index >= 15 is 0 Å². The molecule has 0 saturated heterocycles. The molecular weight excluding hydrogens is 186 g/mol. The Morgan fingerprint density at radius 1 is 1.33 bits per heavy atom. The van der Waals surface area contributed by atoms with Crippen LogP contribution in [0.25, 0.3) is 0 Å². The molecule has 2 heteroatoms. The minimum Gasteiger partial charge on any atom is -0.494 e. The maximum Gasteiger partial charge on any atom is 0.119 e. The molecule has 0 radical (unpaired) electrons. The molecule has 15 heavy (non-hydrogen) atoms. The molecular formula is C13H21NO. The lowest BCUT2D eigenvalue weighted by atomic mass is 10.1. The van der Waals surface area contributed by atoms with E-state index in [2.05, 4.69) is 38.2 Å². The van der Waals surface area contributed by atoms with E-state index < -0.39 is 0 Å². The van der Waals surface area contributed by atoms with E-state index in [9.17, 15) is 0 Å². The first-order valence-electron chi connectivity index (χ1n) is 5.74. The van der Waals surface area contributed by atoms with Crippen LogP contribution >= 0.6 is 0 Å². The van der Waals surface area contributed by atoms with Gasteiger partial charge < -0.3 is 10.1 Å². The van der Waals surface area contributed by atoms with Crippen molar-refractivity contribution in [2.45, 2.75) is 33.2 Å². The molecule has 0 amide bonds. The second-order valence-corrected chi connectivity index (χ2v) is 3.70. The summed E-state index contributed by atoms with van der Waals surface area (Å²) in [6, 6.07) is 8.70. The smallest absolute Gasteiger partial charge is 0.119 e. The zero-order valence-corrected chi connectivity index (χ0v) is 9.92. The zero-order chi connectivity index (χ0) is 11.1. The van der Waals surface area contributed by atoms with Crippen LogP contribution in [-0.2, 0) is 0 Å². The van der Waals surface area contributed by atoms with Crippen molar-refractivity contribution in [3.63, 3.8) is 0 Å². The van der Waals surface area contributed by atoms with Crippen molar-refractivity contribution in [1.29, 1.82) is 0 Å². The fraction of sp³-hybridized carbons (Fsp3) is 0.538. The Hall–Kier alpha value is -1.02. The van der Waals surface area contributed by atoms with Crippen molar-refractivity contribution < 1.29 is 4.74 Å². The average Bonchev–Trinajstić information content (AvgIpc) is 2.27. The maximum atomic E-state index is 5.60. The highest BCUT2D eigenvalue weighted by Crippen LogP contribution is 2.18. The number of nitrogens with one attached hydrogen (secondary N) is 1. The summed E-state index contributed by atoms with van der Waals surface area (Å²) in [4.78, 5) is 0. The number of ether oxygens (including phenoxy) is 1. The van der Waals surface area contributed by atoms with E-state index in [1.165, 1.54) is 5.56 Å². The van der Waals surface area contributed by atoms with Crippen LogP contribution in [0.1, 0.15) is 38.8 Å². The van der Waals surface area contributed by atoms with Gasteiger partial charge in [0.25, 0.3) is 0 Å². The molecule has 0 aliphatic rings.